The van der Waals surface area contributed by atoms with Crippen LogP contribution in [0.4, 0.5) is 23.0 Å². The molecule has 1 heterocycles. The van der Waals surface area contributed by atoms with E-state index in [4.69, 9.17) is 16.3 Å². The van der Waals surface area contributed by atoms with Gasteiger partial charge in [-0.1, -0.05) is 17.7 Å². The van der Waals surface area contributed by atoms with Crippen LogP contribution in [0.5, 0.6) is 5.75 Å². The van der Waals surface area contributed by atoms with Gasteiger partial charge in [-0.05, 0) is 43.4 Å². The number of hydrogen-bond acceptors (Lipinski definition) is 7. The molecule has 0 atom stereocenters. The van der Waals surface area contributed by atoms with Crippen LogP contribution in [0.2, 0.25) is 5.02 Å². The van der Waals surface area contributed by atoms with Crippen molar-refractivity contribution in [1.82, 2.24) is 14.7 Å². The lowest BCUT2D eigenvalue weighted by molar-refractivity contribution is 0.415. The predicted molar refractivity (Wildman–Crippen MR) is 109 cm³/mol. The molecule has 0 spiro atoms. The standard InChI is InChI=1S/C18H18ClN5O3S/c1-20-28(25,26)14-5-3-4-12(8-14)23-17-10-18(22-11-21-17)24-13-6-7-16(27-2)15(19)9-13/h3-11,20H,1-2H3,(H2,21,22,23,24). The van der Waals surface area contributed by atoms with Crippen molar-refractivity contribution in [3.63, 3.8) is 0 Å². The van der Waals surface area contributed by atoms with Crippen molar-refractivity contribution in [1.29, 1.82) is 0 Å². The third-order valence-corrected chi connectivity index (χ3v) is 5.48. The van der Waals surface area contributed by atoms with Crippen LogP contribution >= 0.6 is 11.6 Å². The lowest BCUT2D eigenvalue weighted by atomic mass is 10.3. The van der Waals surface area contributed by atoms with E-state index in [2.05, 4.69) is 25.3 Å². The molecule has 0 aliphatic heterocycles. The van der Waals surface area contributed by atoms with E-state index in [0.29, 0.717) is 28.1 Å². The van der Waals surface area contributed by atoms with E-state index in [0.717, 1.165) is 5.69 Å². The SMILES string of the molecule is CNS(=O)(=O)c1cccc(Nc2cc(Nc3ccc(OC)c(Cl)c3)ncn2)c1. The molecule has 0 fully saturated rings. The number of halogens is 1. The fraction of sp³-hybridized carbons (Fsp3) is 0.111. The molecule has 0 saturated heterocycles. The van der Waals surface area contributed by atoms with Gasteiger partial charge in [0.25, 0.3) is 0 Å². The van der Waals surface area contributed by atoms with Gasteiger partial charge in [0.05, 0.1) is 17.0 Å². The maximum Gasteiger partial charge on any atom is 0.240 e. The smallest absolute Gasteiger partial charge is 0.240 e. The second-order valence-corrected chi connectivity index (χ2v) is 7.92. The Labute approximate surface area is 168 Å². The number of nitrogens with one attached hydrogen (secondary N) is 3. The van der Waals surface area contributed by atoms with Gasteiger partial charge in [0.15, 0.2) is 0 Å². The minimum absolute atomic E-state index is 0.153. The van der Waals surface area contributed by atoms with Crippen molar-refractivity contribution < 1.29 is 13.2 Å². The third-order valence-electron chi connectivity index (χ3n) is 3.78. The molecule has 0 unspecified atom stereocenters. The molecule has 1 aromatic heterocycles. The van der Waals surface area contributed by atoms with Gasteiger partial charge in [0, 0.05) is 17.4 Å². The maximum absolute atomic E-state index is 11.9. The summed E-state index contributed by atoms with van der Waals surface area (Å²) >= 11 is 6.13. The number of rotatable bonds is 7. The summed E-state index contributed by atoms with van der Waals surface area (Å²) in [6.07, 6.45) is 1.39. The second kappa shape index (κ2) is 8.42. The van der Waals surface area contributed by atoms with Crippen LogP contribution in [0.1, 0.15) is 0 Å². The number of nitrogens with zero attached hydrogens (tertiary/aromatic N) is 2. The summed E-state index contributed by atoms with van der Waals surface area (Å²) in [7, 11) is -0.616. The summed E-state index contributed by atoms with van der Waals surface area (Å²) in [5, 5.41) is 6.67. The summed E-state index contributed by atoms with van der Waals surface area (Å²) in [4.78, 5) is 8.49. The number of ether oxygens (including phenoxy) is 1. The monoisotopic (exact) mass is 419 g/mol. The molecule has 0 aliphatic carbocycles. The van der Waals surface area contributed by atoms with Gasteiger partial charge in [-0.3, -0.25) is 0 Å². The van der Waals surface area contributed by atoms with Crippen LogP contribution in [0.15, 0.2) is 59.8 Å². The quantitative estimate of drug-likeness (QED) is 0.537. The fourth-order valence-corrected chi connectivity index (χ4v) is 3.43. The molecule has 3 aromatic rings. The summed E-state index contributed by atoms with van der Waals surface area (Å²) in [6, 6.07) is 13.4. The van der Waals surface area contributed by atoms with Crippen molar-refractivity contribution in [2.45, 2.75) is 4.90 Å². The zero-order valence-corrected chi connectivity index (χ0v) is 16.7. The van der Waals surface area contributed by atoms with Gasteiger partial charge in [0.2, 0.25) is 10.0 Å². The summed E-state index contributed by atoms with van der Waals surface area (Å²) < 4.78 is 31.3. The van der Waals surface area contributed by atoms with Crippen LogP contribution in [-0.4, -0.2) is 32.5 Å². The van der Waals surface area contributed by atoms with E-state index < -0.39 is 10.0 Å². The van der Waals surface area contributed by atoms with Crippen LogP contribution < -0.4 is 20.1 Å². The Morgan fingerprint density at radius 3 is 2.25 bits per heavy atom. The molecule has 3 rings (SSSR count). The number of benzene rings is 2. The van der Waals surface area contributed by atoms with Crippen molar-refractivity contribution in [3.05, 3.63) is 59.9 Å². The van der Waals surface area contributed by atoms with Crippen LogP contribution in [0.25, 0.3) is 0 Å². The summed E-state index contributed by atoms with van der Waals surface area (Å²) in [5.41, 5.74) is 1.31. The molecule has 28 heavy (non-hydrogen) atoms. The molecule has 0 amide bonds. The van der Waals surface area contributed by atoms with Gasteiger partial charge >= 0.3 is 0 Å². The van der Waals surface area contributed by atoms with Crippen molar-refractivity contribution in [3.8, 4) is 5.75 Å². The average molecular weight is 420 g/mol. The van der Waals surface area contributed by atoms with Gasteiger partial charge in [-0.2, -0.15) is 0 Å². The summed E-state index contributed by atoms with van der Waals surface area (Å²) in [5.74, 6) is 1.61. The molecule has 10 heteroatoms. The van der Waals surface area contributed by atoms with Crippen LogP contribution in [0.3, 0.4) is 0 Å². The predicted octanol–water partition coefficient (Wildman–Crippen LogP) is 3.53. The molecule has 3 N–H and O–H groups in total. The zero-order valence-electron chi connectivity index (χ0n) is 15.1. The normalized spacial score (nSPS) is 11.1. The molecule has 8 nitrogen and oxygen atoms in total. The Balaban J connectivity index is 1.79. The number of hydrogen-bond donors (Lipinski definition) is 3. The first-order chi connectivity index (χ1) is 13.4. The number of anilines is 4. The first-order valence-corrected chi connectivity index (χ1v) is 10.0. The molecule has 0 bridgehead atoms. The Morgan fingerprint density at radius 1 is 0.964 bits per heavy atom. The molecule has 146 valence electrons. The highest BCUT2D eigenvalue weighted by Crippen LogP contribution is 2.29. The van der Waals surface area contributed by atoms with E-state index in [-0.39, 0.29) is 4.90 Å². The fourth-order valence-electron chi connectivity index (χ4n) is 2.39. The van der Waals surface area contributed by atoms with Gasteiger partial charge in [-0.15, -0.1) is 0 Å². The largest absolute Gasteiger partial charge is 0.495 e. The highest BCUT2D eigenvalue weighted by atomic mass is 35.5. The number of aromatic nitrogens is 2. The lowest BCUT2D eigenvalue weighted by Crippen LogP contribution is -2.18. The Hall–Kier alpha value is -2.88. The van der Waals surface area contributed by atoms with Gasteiger partial charge < -0.3 is 15.4 Å². The van der Waals surface area contributed by atoms with Crippen LogP contribution in [0, 0.1) is 0 Å². The Bertz CT molecular complexity index is 1090. The molecule has 0 radical (unpaired) electrons. The van der Waals surface area contributed by atoms with Crippen molar-refractivity contribution in [2.24, 2.45) is 0 Å². The first kappa shape index (κ1) is 19.9. The third kappa shape index (κ3) is 4.69. The molecular formula is C18H18ClN5O3S. The first-order valence-electron chi connectivity index (χ1n) is 8.14. The van der Waals surface area contributed by atoms with Gasteiger partial charge in [0.1, 0.15) is 23.7 Å². The van der Waals surface area contributed by atoms with E-state index in [1.807, 2.05) is 6.07 Å². The van der Waals surface area contributed by atoms with Crippen molar-refractivity contribution in [2.75, 3.05) is 24.8 Å². The lowest BCUT2D eigenvalue weighted by Gasteiger charge is -2.11. The van der Waals surface area contributed by atoms with E-state index >= 15 is 0 Å². The molecule has 0 saturated carbocycles. The van der Waals surface area contributed by atoms with E-state index in [1.54, 1.807) is 37.4 Å². The molecule has 0 aliphatic rings. The maximum atomic E-state index is 11.9. The second-order valence-electron chi connectivity index (χ2n) is 5.62. The number of sulfonamides is 1. The minimum atomic E-state index is -3.53. The highest BCUT2D eigenvalue weighted by Gasteiger charge is 2.11. The average Bonchev–Trinajstić information content (AvgIpc) is 2.69. The number of methoxy groups -OCH3 is 1. The molecular weight excluding hydrogens is 402 g/mol. The Morgan fingerprint density at radius 2 is 1.64 bits per heavy atom. The Kier molecular flexibility index (Phi) is 5.98. The highest BCUT2D eigenvalue weighted by molar-refractivity contribution is 7.89. The van der Waals surface area contributed by atoms with Crippen LogP contribution in [-0.2, 0) is 10.0 Å². The summed E-state index contributed by atoms with van der Waals surface area (Å²) in [6.45, 7) is 0. The van der Waals surface area contributed by atoms with E-state index in [9.17, 15) is 8.42 Å². The zero-order chi connectivity index (χ0) is 20.1. The van der Waals surface area contributed by atoms with Crippen molar-refractivity contribution >= 4 is 44.6 Å². The van der Waals surface area contributed by atoms with E-state index in [1.165, 1.54) is 25.5 Å². The minimum Gasteiger partial charge on any atom is -0.495 e. The topological polar surface area (TPSA) is 105 Å². The van der Waals surface area contributed by atoms with Gasteiger partial charge in [-0.25, -0.2) is 23.1 Å². The molecule has 2 aromatic carbocycles.